The Labute approximate surface area is 103 Å². The highest BCUT2D eigenvalue weighted by molar-refractivity contribution is 5.84. The lowest BCUT2D eigenvalue weighted by atomic mass is 10.2. The lowest BCUT2D eigenvalue weighted by Crippen LogP contribution is -2.40. The quantitative estimate of drug-likeness (QED) is 0.575. The van der Waals surface area contributed by atoms with Crippen molar-refractivity contribution in [1.29, 1.82) is 0 Å². The predicted octanol–water partition coefficient (Wildman–Crippen LogP) is 0.0261. The molecule has 8 nitrogen and oxygen atoms in total. The molecule has 1 aromatic rings. The van der Waals surface area contributed by atoms with Crippen LogP contribution in [-0.4, -0.2) is 28.4 Å². The lowest BCUT2D eigenvalue weighted by molar-refractivity contribution is -0.384. The maximum Gasteiger partial charge on any atom is 0.276 e. The Morgan fingerprint density at radius 2 is 2.28 bits per heavy atom. The number of primary amides is 1. The van der Waals surface area contributed by atoms with Crippen LogP contribution in [0, 0.1) is 10.1 Å². The van der Waals surface area contributed by atoms with Crippen LogP contribution in [0.1, 0.15) is 12.8 Å². The first-order valence-electron chi connectivity index (χ1n) is 5.47. The van der Waals surface area contributed by atoms with Crippen LogP contribution in [0.2, 0.25) is 0 Å². The summed E-state index contributed by atoms with van der Waals surface area (Å²) in [6.07, 6.45) is 1.41. The molecule has 96 valence electrons. The number of rotatable bonds is 3. The molecule has 0 radical (unpaired) electrons. The zero-order valence-electron chi connectivity index (χ0n) is 9.57. The summed E-state index contributed by atoms with van der Waals surface area (Å²) in [5.74, 6) is -0.0864. The van der Waals surface area contributed by atoms with Gasteiger partial charge in [0.15, 0.2) is 0 Å². The van der Waals surface area contributed by atoms with E-state index >= 15 is 0 Å². The highest BCUT2D eigenvalue weighted by atomic mass is 16.6. The zero-order valence-corrected chi connectivity index (χ0v) is 9.57. The Kier molecular flexibility index (Phi) is 3.00. The molecule has 0 spiro atoms. The monoisotopic (exact) mass is 251 g/mol. The van der Waals surface area contributed by atoms with Crippen LogP contribution in [0.3, 0.4) is 0 Å². The number of amides is 1. The average molecular weight is 251 g/mol. The number of carbonyl (C=O) groups is 1. The van der Waals surface area contributed by atoms with Gasteiger partial charge in [-0.1, -0.05) is 0 Å². The van der Waals surface area contributed by atoms with Crippen molar-refractivity contribution in [2.24, 2.45) is 5.73 Å². The second-order valence-electron chi connectivity index (χ2n) is 4.12. The third-order valence-electron chi connectivity index (χ3n) is 2.90. The van der Waals surface area contributed by atoms with Gasteiger partial charge in [-0.15, -0.1) is 0 Å². The molecule has 0 saturated carbocycles. The van der Waals surface area contributed by atoms with E-state index in [4.69, 9.17) is 11.5 Å². The standard InChI is InChI=1S/C10H13N5O3/c11-8-4-6(15(17)18)5-9(13-8)14-3-1-2-7(14)10(12)16/h4-5,7H,1-3H2,(H2,11,13)(H2,12,16). The van der Waals surface area contributed by atoms with Gasteiger partial charge in [-0.3, -0.25) is 14.9 Å². The van der Waals surface area contributed by atoms with Gasteiger partial charge in [0.1, 0.15) is 17.7 Å². The molecule has 0 bridgehead atoms. The molecule has 1 aromatic heterocycles. The Hall–Kier alpha value is -2.38. The molecule has 0 aromatic carbocycles. The van der Waals surface area contributed by atoms with E-state index in [-0.39, 0.29) is 11.5 Å². The van der Waals surface area contributed by atoms with E-state index in [1.807, 2.05) is 0 Å². The Morgan fingerprint density at radius 1 is 1.56 bits per heavy atom. The summed E-state index contributed by atoms with van der Waals surface area (Å²) in [5, 5.41) is 10.7. The number of hydrogen-bond donors (Lipinski definition) is 2. The summed E-state index contributed by atoms with van der Waals surface area (Å²) in [5.41, 5.74) is 10.7. The second-order valence-corrected chi connectivity index (χ2v) is 4.12. The van der Waals surface area contributed by atoms with Gasteiger partial charge in [0, 0.05) is 6.54 Å². The van der Waals surface area contributed by atoms with Gasteiger partial charge in [0.25, 0.3) is 5.69 Å². The molecule has 1 aliphatic rings. The molecular formula is C10H13N5O3. The number of nitrogens with two attached hydrogens (primary N) is 2. The van der Waals surface area contributed by atoms with Crippen molar-refractivity contribution in [2.75, 3.05) is 17.2 Å². The summed E-state index contributed by atoms with van der Waals surface area (Å²) in [7, 11) is 0. The van der Waals surface area contributed by atoms with Crippen molar-refractivity contribution in [1.82, 2.24) is 4.98 Å². The van der Waals surface area contributed by atoms with Gasteiger partial charge in [0.2, 0.25) is 5.91 Å². The largest absolute Gasteiger partial charge is 0.383 e. The molecule has 2 rings (SSSR count). The van der Waals surface area contributed by atoms with E-state index in [1.165, 1.54) is 12.1 Å². The average Bonchev–Trinajstić information content (AvgIpc) is 2.76. The summed E-state index contributed by atoms with van der Waals surface area (Å²) >= 11 is 0. The Bertz CT molecular complexity index is 504. The van der Waals surface area contributed by atoms with Gasteiger partial charge in [-0.05, 0) is 12.8 Å². The van der Waals surface area contributed by atoms with Crippen LogP contribution in [0.5, 0.6) is 0 Å². The van der Waals surface area contributed by atoms with Crippen molar-refractivity contribution in [2.45, 2.75) is 18.9 Å². The smallest absolute Gasteiger partial charge is 0.276 e. The van der Waals surface area contributed by atoms with E-state index in [0.29, 0.717) is 18.8 Å². The van der Waals surface area contributed by atoms with Crippen LogP contribution >= 0.6 is 0 Å². The number of aromatic nitrogens is 1. The van der Waals surface area contributed by atoms with E-state index in [0.717, 1.165) is 6.42 Å². The maximum absolute atomic E-state index is 11.3. The molecule has 1 unspecified atom stereocenters. The number of nitrogens with zero attached hydrogens (tertiary/aromatic N) is 3. The van der Waals surface area contributed by atoms with Gasteiger partial charge >= 0.3 is 0 Å². The molecule has 1 aliphatic heterocycles. The molecule has 1 saturated heterocycles. The fourth-order valence-corrected chi connectivity index (χ4v) is 2.11. The molecular weight excluding hydrogens is 238 g/mol. The zero-order chi connectivity index (χ0) is 13.3. The van der Waals surface area contributed by atoms with E-state index in [1.54, 1.807) is 4.90 Å². The third-order valence-corrected chi connectivity index (χ3v) is 2.90. The molecule has 8 heteroatoms. The van der Waals surface area contributed by atoms with E-state index in [2.05, 4.69) is 4.98 Å². The molecule has 2 heterocycles. The van der Waals surface area contributed by atoms with E-state index in [9.17, 15) is 14.9 Å². The predicted molar refractivity (Wildman–Crippen MR) is 64.9 cm³/mol. The van der Waals surface area contributed by atoms with Gasteiger partial charge < -0.3 is 16.4 Å². The number of pyridine rings is 1. The van der Waals surface area contributed by atoms with Gasteiger partial charge in [-0.25, -0.2) is 4.98 Å². The molecule has 1 atom stereocenters. The first-order chi connectivity index (χ1) is 8.49. The SMILES string of the molecule is NC(=O)C1CCCN1c1cc([N+](=O)[O-])cc(N)n1. The fraction of sp³-hybridized carbons (Fsp3) is 0.400. The summed E-state index contributed by atoms with van der Waals surface area (Å²) in [6.45, 7) is 0.585. The number of nitro groups is 1. The first-order valence-corrected chi connectivity index (χ1v) is 5.47. The van der Waals surface area contributed by atoms with Crippen molar-refractivity contribution >= 4 is 23.2 Å². The molecule has 1 amide bonds. The molecule has 4 N–H and O–H groups in total. The van der Waals surface area contributed by atoms with Gasteiger partial charge in [0.05, 0.1) is 17.1 Å². The number of hydrogen-bond acceptors (Lipinski definition) is 6. The van der Waals surface area contributed by atoms with Crippen LogP contribution in [-0.2, 0) is 4.79 Å². The number of carbonyl (C=O) groups excluding carboxylic acids is 1. The molecule has 1 fully saturated rings. The van der Waals surface area contributed by atoms with Crippen LogP contribution in [0.25, 0.3) is 0 Å². The number of anilines is 2. The van der Waals surface area contributed by atoms with Crippen LogP contribution in [0.15, 0.2) is 12.1 Å². The normalized spacial score (nSPS) is 18.9. The topological polar surface area (TPSA) is 128 Å². The van der Waals surface area contributed by atoms with E-state index < -0.39 is 16.9 Å². The number of nitrogen functional groups attached to an aromatic ring is 1. The van der Waals surface area contributed by atoms with Gasteiger partial charge in [-0.2, -0.15) is 0 Å². The first kappa shape index (κ1) is 12.1. The van der Waals surface area contributed by atoms with Crippen LogP contribution < -0.4 is 16.4 Å². The van der Waals surface area contributed by atoms with Crippen molar-refractivity contribution in [3.8, 4) is 0 Å². The molecule has 0 aliphatic carbocycles. The minimum atomic E-state index is -0.545. The summed E-state index contributed by atoms with van der Waals surface area (Å²) in [6, 6.07) is 2.01. The third kappa shape index (κ3) is 2.17. The lowest BCUT2D eigenvalue weighted by Gasteiger charge is -2.23. The van der Waals surface area contributed by atoms with Crippen molar-refractivity contribution in [3.05, 3.63) is 22.2 Å². The maximum atomic E-state index is 11.3. The second kappa shape index (κ2) is 4.47. The summed E-state index contributed by atoms with van der Waals surface area (Å²) < 4.78 is 0. The van der Waals surface area contributed by atoms with Crippen molar-refractivity contribution in [3.63, 3.8) is 0 Å². The minimum absolute atomic E-state index is 0.0503. The Morgan fingerprint density at radius 3 is 2.89 bits per heavy atom. The summed E-state index contributed by atoms with van der Waals surface area (Å²) in [4.78, 5) is 27.2. The van der Waals surface area contributed by atoms with Crippen LogP contribution in [0.4, 0.5) is 17.3 Å². The highest BCUT2D eigenvalue weighted by Crippen LogP contribution is 2.27. The Balaban J connectivity index is 2.38. The highest BCUT2D eigenvalue weighted by Gasteiger charge is 2.31. The molecule has 18 heavy (non-hydrogen) atoms. The van der Waals surface area contributed by atoms with Crippen molar-refractivity contribution < 1.29 is 9.72 Å². The fourth-order valence-electron chi connectivity index (χ4n) is 2.11. The minimum Gasteiger partial charge on any atom is -0.383 e.